The van der Waals surface area contributed by atoms with Gasteiger partial charge in [-0.15, -0.1) is 0 Å². The maximum atomic E-state index is 5.70. The molecule has 1 aliphatic rings. The van der Waals surface area contributed by atoms with Gasteiger partial charge in [0.05, 0.1) is 5.69 Å². The highest BCUT2D eigenvalue weighted by Crippen LogP contribution is 2.42. The first-order chi connectivity index (χ1) is 8.40. The number of aromatic amines is 1. The van der Waals surface area contributed by atoms with E-state index in [9.17, 15) is 0 Å². The number of hydrogen-bond acceptors (Lipinski definition) is 3. The maximum absolute atomic E-state index is 5.70. The third kappa shape index (κ3) is 1.96. The Kier molecular flexibility index (Phi) is 2.65. The Balaban J connectivity index is 2.04. The third-order valence-electron chi connectivity index (χ3n) is 3.23. The van der Waals surface area contributed by atoms with Crippen LogP contribution < -0.4 is 5.73 Å². The molecule has 0 amide bonds. The summed E-state index contributed by atoms with van der Waals surface area (Å²) in [5.74, 6) is 0.680. The number of hydrogen-bond donors (Lipinski definition) is 2. The highest BCUT2D eigenvalue weighted by atomic mass is 15.1. The summed E-state index contributed by atoms with van der Waals surface area (Å²) in [7, 11) is 0. The fourth-order valence-corrected chi connectivity index (χ4v) is 2.23. The van der Waals surface area contributed by atoms with Gasteiger partial charge in [-0.2, -0.15) is 5.10 Å². The molecule has 1 fully saturated rings. The molecule has 4 nitrogen and oxygen atoms in total. The number of nitrogens with one attached hydrogen (secondary N) is 1. The molecule has 1 saturated carbocycles. The number of rotatable bonds is 4. The standard InChI is InChI=1S/C13H16N4/c14-6-3-11-12(9-1-2-9)16-17-13(11)10-4-7-15-8-5-10/h4-5,7-9H,1-3,6,14H2,(H,16,17). The van der Waals surface area contributed by atoms with Gasteiger partial charge >= 0.3 is 0 Å². The minimum Gasteiger partial charge on any atom is -0.330 e. The fourth-order valence-electron chi connectivity index (χ4n) is 2.23. The van der Waals surface area contributed by atoms with Crippen molar-refractivity contribution in [2.45, 2.75) is 25.2 Å². The highest BCUT2D eigenvalue weighted by molar-refractivity contribution is 5.64. The van der Waals surface area contributed by atoms with E-state index in [1.54, 1.807) is 12.4 Å². The lowest BCUT2D eigenvalue weighted by atomic mass is 10.0. The quantitative estimate of drug-likeness (QED) is 0.839. The van der Waals surface area contributed by atoms with Crippen LogP contribution in [0.1, 0.15) is 30.0 Å². The van der Waals surface area contributed by atoms with Crippen LogP contribution in [0.15, 0.2) is 24.5 Å². The normalized spacial score (nSPS) is 15.1. The molecule has 0 spiro atoms. The van der Waals surface area contributed by atoms with E-state index in [4.69, 9.17) is 5.73 Å². The van der Waals surface area contributed by atoms with Crippen LogP contribution in [-0.2, 0) is 6.42 Å². The predicted molar refractivity (Wildman–Crippen MR) is 66.6 cm³/mol. The first-order valence-electron chi connectivity index (χ1n) is 6.07. The lowest BCUT2D eigenvalue weighted by molar-refractivity contribution is 0.914. The molecule has 17 heavy (non-hydrogen) atoms. The van der Waals surface area contributed by atoms with Gasteiger partial charge in [-0.3, -0.25) is 10.1 Å². The lowest BCUT2D eigenvalue weighted by Crippen LogP contribution is -2.05. The molecular formula is C13H16N4. The van der Waals surface area contributed by atoms with Crippen LogP contribution in [0, 0.1) is 0 Å². The Labute approximate surface area is 100 Å². The molecule has 0 unspecified atom stereocenters. The van der Waals surface area contributed by atoms with E-state index in [1.807, 2.05) is 12.1 Å². The van der Waals surface area contributed by atoms with E-state index in [0.717, 1.165) is 17.7 Å². The second kappa shape index (κ2) is 4.30. The fraction of sp³-hybridized carbons (Fsp3) is 0.385. The van der Waals surface area contributed by atoms with Crippen molar-refractivity contribution in [3.05, 3.63) is 35.8 Å². The van der Waals surface area contributed by atoms with Crippen molar-refractivity contribution in [3.8, 4) is 11.3 Å². The number of nitrogens with two attached hydrogens (primary N) is 1. The summed E-state index contributed by atoms with van der Waals surface area (Å²) in [5.41, 5.74) is 10.4. The van der Waals surface area contributed by atoms with Gasteiger partial charge in [-0.25, -0.2) is 0 Å². The molecule has 88 valence electrons. The van der Waals surface area contributed by atoms with Crippen molar-refractivity contribution in [2.24, 2.45) is 5.73 Å². The van der Waals surface area contributed by atoms with Gasteiger partial charge in [-0.1, -0.05) is 0 Å². The van der Waals surface area contributed by atoms with Crippen molar-refractivity contribution in [1.82, 2.24) is 15.2 Å². The van der Waals surface area contributed by atoms with Crippen LogP contribution in [0.2, 0.25) is 0 Å². The second-order valence-corrected chi connectivity index (χ2v) is 4.51. The number of nitrogens with zero attached hydrogens (tertiary/aromatic N) is 2. The lowest BCUT2D eigenvalue weighted by Gasteiger charge is -2.03. The summed E-state index contributed by atoms with van der Waals surface area (Å²) >= 11 is 0. The van der Waals surface area contributed by atoms with Crippen molar-refractivity contribution in [3.63, 3.8) is 0 Å². The van der Waals surface area contributed by atoms with Gasteiger partial charge in [0.1, 0.15) is 0 Å². The zero-order valence-corrected chi connectivity index (χ0v) is 9.69. The van der Waals surface area contributed by atoms with Crippen molar-refractivity contribution in [2.75, 3.05) is 6.54 Å². The molecule has 0 radical (unpaired) electrons. The van der Waals surface area contributed by atoms with E-state index >= 15 is 0 Å². The zero-order chi connectivity index (χ0) is 11.7. The Morgan fingerprint density at radius 2 is 2.06 bits per heavy atom. The summed E-state index contributed by atoms with van der Waals surface area (Å²) in [6, 6.07) is 3.99. The second-order valence-electron chi connectivity index (χ2n) is 4.51. The molecule has 1 aliphatic carbocycles. The maximum Gasteiger partial charge on any atom is 0.0957 e. The Morgan fingerprint density at radius 1 is 1.29 bits per heavy atom. The smallest absolute Gasteiger partial charge is 0.0957 e. The van der Waals surface area contributed by atoms with Gasteiger partial charge in [0, 0.05) is 35.1 Å². The Morgan fingerprint density at radius 3 is 2.71 bits per heavy atom. The number of pyridine rings is 1. The van der Waals surface area contributed by atoms with E-state index in [1.165, 1.54) is 24.1 Å². The van der Waals surface area contributed by atoms with Crippen LogP contribution in [0.5, 0.6) is 0 Å². The van der Waals surface area contributed by atoms with Gasteiger partial charge in [-0.05, 0) is 37.9 Å². The molecule has 0 aromatic carbocycles. The van der Waals surface area contributed by atoms with E-state index < -0.39 is 0 Å². The minimum atomic E-state index is 0.664. The van der Waals surface area contributed by atoms with Crippen molar-refractivity contribution in [1.29, 1.82) is 0 Å². The monoisotopic (exact) mass is 228 g/mol. The van der Waals surface area contributed by atoms with Crippen molar-refractivity contribution >= 4 is 0 Å². The minimum absolute atomic E-state index is 0.664. The molecule has 4 heteroatoms. The average molecular weight is 228 g/mol. The molecule has 3 rings (SSSR count). The molecule has 2 aromatic rings. The van der Waals surface area contributed by atoms with E-state index in [-0.39, 0.29) is 0 Å². The summed E-state index contributed by atoms with van der Waals surface area (Å²) in [4.78, 5) is 4.04. The van der Waals surface area contributed by atoms with Crippen LogP contribution in [0.3, 0.4) is 0 Å². The van der Waals surface area contributed by atoms with Gasteiger partial charge < -0.3 is 5.73 Å². The van der Waals surface area contributed by atoms with Gasteiger partial charge in [0.25, 0.3) is 0 Å². The molecule has 2 heterocycles. The van der Waals surface area contributed by atoms with Crippen molar-refractivity contribution < 1.29 is 0 Å². The molecule has 0 bridgehead atoms. The summed E-state index contributed by atoms with van der Waals surface area (Å²) in [6.07, 6.45) is 7.03. The van der Waals surface area contributed by atoms with Crippen LogP contribution in [0.25, 0.3) is 11.3 Å². The first-order valence-corrected chi connectivity index (χ1v) is 6.07. The molecule has 0 saturated heterocycles. The third-order valence-corrected chi connectivity index (χ3v) is 3.23. The van der Waals surface area contributed by atoms with E-state index in [0.29, 0.717) is 12.5 Å². The first kappa shape index (κ1) is 10.5. The largest absolute Gasteiger partial charge is 0.330 e. The molecule has 0 aliphatic heterocycles. The Hall–Kier alpha value is -1.68. The predicted octanol–water partition coefficient (Wildman–Crippen LogP) is 1.85. The highest BCUT2D eigenvalue weighted by Gasteiger charge is 2.29. The van der Waals surface area contributed by atoms with E-state index in [2.05, 4.69) is 15.2 Å². The van der Waals surface area contributed by atoms with Crippen LogP contribution >= 0.6 is 0 Å². The molecule has 2 aromatic heterocycles. The van der Waals surface area contributed by atoms with Crippen LogP contribution in [-0.4, -0.2) is 21.7 Å². The topological polar surface area (TPSA) is 67.6 Å². The average Bonchev–Trinajstić information content (AvgIpc) is 3.13. The van der Waals surface area contributed by atoms with Gasteiger partial charge in [0.15, 0.2) is 0 Å². The molecule has 3 N–H and O–H groups in total. The summed E-state index contributed by atoms with van der Waals surface area (Å²) < 4.78 is 0. The summed E-state index contributed by atoms with van der Waals surface area (Å²) in [5, 5.41) is 7.65. The molecular weight excluding hydrogens is 212 g/mol. The zero-order valence-electron chi connectivity index (χ0n) is 9.69. The van der Waals surface area contributed by atoms with Crippen LogP contribution in [0.4, 0.5) is 0 Å². The SMILES string of the molecule is NCCc1c(-c2ccncc2)n[nH]c1C1CC1. The number of H-pyrrole nitrogens is 1. The molecule has 0 atom stereocenters. The number of aromatic nitrogens is 3. The van der Waals surface area contributed by atoms with Gasteiger partial charge in [0.2, 0.25) is 0 Å². The Bertz CT molecular complexity index is 499. The summed E-state index contributed by atoms with van der Waals surface area (Å²) in [6.45, 7) is 0.664.